The van der Waals surface area contributed by atoms with Gasteiger partial charge in [0.2, 0.25) is 0 Å². The van der Waals surface area contributed by atoms with Crippen LogP contribution in [0.4, 0.5) is 11.8 Å². The average Bonchev–Trinajstić information content (AvgIpc) is 3.30. The molecule has 0 fully saturated rings. The monoisotopic (exact) mass is 462 g/mol. The molecule has 0 saturated carbocycles. The molecule has 0 spiro atoms. The molecule has 0 amide bonds. The highest BCUT2D eigenvalue weighted by Gasteiger charge is 2.23. The molecular weight excluding hydrogens is 439 g/mol. The van der Waals surface area contributed by atoms with Gasteiger partial charge in [-0.05, 0) is 42.2 Å². The number of fused-ring (bicyclic) bond motifs is 1. The number of benzene rings is 2. The number of H-pyrrole nitrogens is 1. The molecule has 6 N–H and O–H groups in total. The lowest BCUT2D eigenvalue weighted by Crippen LogP contribution is -2.13. The van der Waals surface area contributed by atoms with Gasteiger partial charge in [-0.2, -0.15) is 4.98 Å². The van der Waals surface area contributed by atoms with Gasteiger partial charge in [0.05, 0.1) is 25.6 Å². The largest absolute Gasteiger partial charge is 0.493 e. The zero-order valence-electron chi connectivity index (χ0n) is 17.1. The van der Waals surface area contributed by atoms with E-state index in [1.807, 2.05) is 36.4 Å². The third-order valence-corrected chi connectivity index (χ3v) is 5.01. The second-order valence-electron chi connectivity index (χ2n) is 6.69. The summed E-state index contributed by atoms with van der Waals surface area (Å²) in [6, 6.07) is 11.3. The third-order valence-electron chi connectivity index (χ3n) is 5.01. The number of imidazole rings is 1. The van der Waals surface area contributed by atoms with Crippen molar-refractivity contribution < 1.29 is 9.47 Å². The highest BCUT2D eigenvalue weighted by molar-refractivity contribution is 6.09. The number of nitrogens with one attached hydrogen (secondary N) is 2. The van der Waals surface area contributed by atoms with E-state index in [1.165, 1.54) is 0 Å². The smallest absolute Gasteiger partial charge is 0.200 e. The Balaban J connectivity index is 0.00000171. The first-order chi connectivity index (χ1) is 14.0. The van der Waals surface area contributed by atoms with Crippen molar-refractivity contribution in [1.82, 2.24) is 9.97 Å². The predicted octanol–water partition coefficient (Wildman–Crippen LogP) is 3.87. The van der Waals surface area contributed by atoms with Crippen LogP contribution >= 0.6 is 24.8 Å². The normalized spacial score (nSPS) is 13.2. The van der Waals surface area contributed by atoms with Crippen LogP contribution in [0.1, 0.15) is 23.1 Å². The molecular formula is C21H24Cl2N6O2. The first kappa shape index (κ1) is 24.0. The van der Waals surface area contributed by atoms with Crippen molar-refractivity contribution in [2.75, 3.05) is 20.0 Å². The average molecular weight is 463 g/mol. The lowest BCUT2D eigenvalue weighted by atomic mass is 10.0. The molecule has 0 radical (unpaired) electrons. The van der Waals surface area contributed by atoms with Crippen LogP contribution in [0.3, 0.4) is 0 Å². The number of nitrogens with two attached hydrogens (primary N) is 2. The van der Waals surface area contributed by atoms with Crippen molar-refractivity contribution in [2.45, 2.75) is 12.8 Å². The highest BCUT2D eigenvalue weighted by atomic mass is 35.5. The van der Waals surface area contributed by atoms with Crippen LogP contribution in [0, 0.1) is 5.41 Å². The van der Waals surface area contributed by atoms with Crippen LogP contribution in [0.15, 0.2) is 41.4 Å². The van der Waals surface area contributed by atoms with E-state index in [4.69, 9.17) is 31.3 Å². The summed E-state index contributed by atoms with van der Waals surface area (Å²) in [7, 11) is 3.18. The number of hydrogen-bond donors (Lipinski definition) is 4. The summed E-state index contributed by atoms with van der Waals surface area (Å²) in [6.07, 6.45) is 1.54. The lowest BCUT2D eigenvalue weighted by Gasteiger charge is -2.09. The molecule has 164 valence electrons. The number of aromatic amines is 1. The predicted molar refractivity (Wildman–Crippen MR) is 128 cm³/mol. The van der Waals surface area contributed by atoms with Gasteiger partial charge in [0.1, 0.15) is 5.84 Å². The van der Waals surface area contributed by atoms with Gasteiger partial charge in [0.25, 0.3) is 0 Å². The highest BCUT2D eigenvalue weighted by Crippen LogP contribution is 2.37. The Morgan fingerprint density at radius 2 is 1.84 bits per heavy atom. The molecule has 4 rings (SSSR count). The first-order valence-electron chi connectivity index (χ1n) is 9.14. The topological polar surface area (TPSA) is 135 Å². The fraction of sp³-hybridized carbons (Fsp3) is 0.190. The number of nitrogen functional groups attached to an aromatic ring is 2. The van der Waals surface area contributed by atoms with E-state index < -0.39 is 0 Å². The van der Waals surface area contributed by atoms with E-state index in [0.29, 0.717) is 23.0 Å². The number of hydrogen-bond acceptors (Lipinski definition) is 6. The fourth-order valence-electron chi connectivity index (χ4n) is 3.66. The Bertz CT molecular complexity index is 1140. The van der Waals surface area contributed by atoms with Gasteiger partial charge in [0, 0.05) is 11.1 Å². The molecule has 3 aromatic rings. The summed E-state index contributed by atoms with van der Waals surface area (Å²) < 4.78 is 10.7. The Morgan fingerprint density at radius 1 is 1.10 bits per heavy atom. The minimum Gasteiger partial charge on any atom is -0.493 e. The van der Waals surface area contributed by atoms with Gasteiger partial charge < -0.3 is 25.9 Å². The summed E-state index contributed by atoms with van der Waals surface area (Å²) >= 11 is 0. The van der Waals surface area contributed by atoms with E-state index in [2.05, 4.69) is 9.97 Å². The minimum atomic E-state index is 0. The van der Waals surface area contributed by atoms with E-state index in [9.17, 15) is 0 Å². The first-order valence-corrected chi connectivity index (χ1v) is 9.14. The molecule has 8 nitrogen and oxygen atoms in total. The molecule has 31 heavy (non-hydrogen) atoms. The van der Waals surface area contributed by atoms with Gasteiger partial charge in [-0.25, -0.2) is 4.99 Å². The van der Waals surface area contributed by atoms with Crippen molar-refractivity contribution in [1.29, 1.82) is 5.41 Å². The molecule has 0 atom stereocenters. The van der Waals surface area contributed by atoms with Gasteiger partial charge in [0.15, 0.2) is 23.3 Å². The van der Waals surface area contributed by atoms with Crippen molar-refractivity contribution in [3.05, 3.63) is 53.1 Å². The number of methoxy groups -OCH3 is 2. The number of aromatic nitrogens is 2. The zero-order valence-corrected chi connectivity index (χ0v) is 18.7. The summed E-state index contributed by atoms with van der Waals surface area (Å²) in [5, 5.41) is 7.79. The summed E-state index contributed by atoms with van der Waals surface area (Å²) in [4.78, 5) is 12.3. The molecule has 0 saturated heterocycles. The maximum Gasteiger partial charge on any atom is 0.200 e. The van der Waals surface area contributed by atoms with E-state index in [0.717, 1.165) is 40.8 Å². The molecule has 1 heterocycles. The van der Waals surface area contributed by atoms with Gasteiger partial charge >= 0.3 is 0 Å². The van der Waals surface area contributed by atoms with Crippen molar-refractivity contribution in [3.63, 3.8) is 0 Å². The molecule has 1 aliphatic rings. The number of anilines is 1. The van der Waals surface area contributed by atoms with E-state index >= 15 is 0 Å². The molecule has 0 aliphatic heterocycles. The van der Waals surface area contributed by atoms with Crippen LogP contribution in [-0.2, 0) is 6.42 Å². The Morgan fingerprint density at radius 3 is 2.52 bits per heavy atom. The summed E-state index contributed by atoms with van der Waals surface area (Å²) in [5.74, 6) is 2.10. The Labute approximate surface area is 192 Å². The second kappa shape index (κ2) is 9.72. The number of amidine groups is 1. The zero-order chi connectivity index (χ0) is 20.5. The molecule has 2 aromatic carbocycles. The number of rotatable bonds is 5. The van der Waals surface area contributed by atoms with Gasteiger partial charge in [-0.15, -0.1) is 24.8 Å². The summed E-state index contributed by atoms with van der Waals surface area (Å²) in [6.45, 7) is 0. The number of nitrogens with zero attached hydrogens (tertiary/aromatic N) is 2. The molecule has 10 heteroatoms. The maximum absolute atomic E-state index is 7.79. The molecule has 1 aromatic heterocycles. The van der Waals surface area contributed by atoms with Crippen LogP contribution in [0.25, 0.3) is 11.3 Å². The van der Waals surface area contributed by atoms with Crippen LogP contribution in [0.2, 0.25) is 0 Å². The van der Waals surface area contributed by atoms with Crippen LogP contribution < -0.4 is 20.9 Å². The number of ether oxygens (including phenoxy) is 2. The SMILES string of the molecule is COc1ccc(-c2[nH]c(N)nc2N=C2CCc3c(C(=N)N)cccc32)cc1OC.Cl.Cl. The van der Waals surface area contributed by atoms with Crippen molar-refractivity contribution in [2.24, 2.45) is 10.7 Å². The lowest BCUT2D eigenvalue weighted by molar-refractivity contribution is 0.355. The van der Waals surface area contributed by atoms with E-state index in [1.54, 1.807) is 14.2 Å². The molecule has 0 bridgehead atoms. The molecule has 1 aliphatic carbocycles. The Kier molecular flexibility index (Phi) is 7.54. The van der Waals surface area contributed by atoms with E-state index in [-0.39, 0.29) is 36.6 Å². The maximum atomic E-state index is 7.79. The van der Waals surface area contributed by atoms with Crippen molar-refractivity contribution in [3.8, 4) is 22.8 Å². The standard InChI is InChI=1S/C21H22N6O2.2ClH/c1-28-16-9-6-11(10-17(16)29-2)18-20(27-21(24)26-18)25-15-8-7-12-13(15)4-3-5-14(12)19(22)23;;/h3-6,9-10H,7-8H2,1-2H3,(H3,22,23)(H3,24,26,27);2*1H. The molecule has 0 unspecified atom stereocenters. The minimum absolute atomic E-state index is 0. The van der Waals surface area contributed by atoms with Gasteiger partial charge in [-0.3, -0.25) is 5.41 Å². The number of aliphatic imine (C=N–C) groups is 1. The summed E-state index contributed by atoms with van der Waals surface area (Å²) in [5.41, 5.74) is 16.9. The Hall–Kier alpha value is -3.23. The fourth-order valence-corrected chi connectivity index (χ4v) is 3.66. The van der Waals surface area contributed by atoms with Gasteiger partial charge in [-0.1, -0.05) is 18.2 Å². The van der Waals surface area contributed by atoms with Crippen molar-refractivity contribution >= 4 is 48.1 Å². The van der Waals surface area contributed by atoms with Crippen LogP contribution in [0.5, 0.6) is 11.5 Å². The third kappa shape index (κ3) is 4.45. The number of halogens is 2. The van der Waals surface area contributed by atoms with Crippen LogP contribution in [-0.4, -0.2) is 35.7 Å². The quantitative estimate of drug-likeness (QED) is 0.337. The second-order valence-corrected chi connectivity index (χ2v) is 6.69.